The number of amides is 1. The van der Waals surface area contributed by atoms with Crippen LogP contribution in [0.4, 0.5) is 5.00 Å². The summed E-state index contributed by atoms with van der Waals surface area (Å²) in [6, 6.07) is 5.21. The number of esters is 1. The number of nitrogens with one attached hydrogen (secondary N) is 1. The lowest BCUT2D eigenvalue weighted by molar-refractivity contribution is -0.122. The molecule has 0 spiro atoms. The zero-order valence-electron chi connectivity index (χ0n) is 15.4. The summed E-state index contributed by atoms with van der Waals surface area (Å²) < 4.78 is 10.8. The average molecular weight is 396 g/mol. The molecule has 140 valence electrons. The number of halogens is 1. The third-order valence-corrected chi connectivity index (χ3v) is 5.27. The predicted molar refractivity (Wildman–Crippen MR) is 105 cm³/mol. The number of hydrogen-bond donors (Lipinski definition) is 1. The van der Waals surface area contributed by atoms with E-state index in [1.54, 1.807) is 32.0 Å². The van der Waals surface area contributed by atoms with Crippen molar-refractivity contribution < 1.29 is 19.1 Å². The molecular formula is C19H22ClNO4S. The quantitative estimate of drug-likeness (QED) is 0.706. The summed E-state index contributed by atoms with van der Waals surface area (Å²) in [6.07, 6.45) is -0.743. The Hall–Kier alpha value is -2.05. The lowest BCUT2D eigenvalue weighted by Gasteiger charge is -2.16. The average Bonchev–Trinajstić information content (AvgIpc) is 2.84. The third-order valence-electron chi connectivity index (χ3n) is 3.91. The van der Waals surface area contributed by atoms with Gasteiger partial charge in [-0.3, -0.25) is 4.79 Å². The summed E-state index contributed by atoms with van der Waals surface area (Å²) in [5, 5.41) is 3.88. The van der Waals surface area contributed by atoms with Crippen LogP contribution in [0.2, 0.25) is 5.02 Å². The summed E-state index contributed by atoms with van der Waals surface area (Å²) in [6.45, 7) is 9.27. The van der Waals surface area contributed by atoms with Crippen molar-refractivity contribution in [3.05, 3.63) is 44.8 Å². The highest BCUT2D eigenvalue weighted by Crippen LogP contribution is 2.33. The Labute approximate surface area is 162 Å². The molecule has 2 aromatic rings. The van der Waals surface area contributed by atoms with Crippen molar-refractivity contribution >= 4 is 39.8 Å². The van der Waals surface area contributed by atoms with E-state index in [1.165, 1.54) is 11.3 Å². The first-order chi connectivity index (χ1) is 12.2. The Morgan fingerprint density at radius 2 is 1.96 bits per heavy atom. The summed E-state index contributed by atoms with van der Waals surface area (Å²) in [5.41, 5.74) is 2.05. The van der Waals surface area contributed by atoms with Crippen molar-refractivity contribution in [2.24, 2.45) is 0 Å². The molecule has 1 aromatic carbocycles. The van der Waals surface area contributed by atoms with Gasteiger partial charge in [-0.05, 0) is 63.9 Å². The number of rotatable bonds is 6. The maximum absolute atomic E-state index is 12.5. The minimum Gasteiger partial charge on any atom is -0.481 e. The van der Waals surface area contributed by atoms with Gasteiger partial charge in [-0.15, -0.1) is 11.3 Å². The second-order valence-corrected chi connectivity index (χ2v) is 7.53. The van der Waals surface area contributed by atoms with Crippen LogP contribution in [0.25, 0.3) is 0 Å². The van der Waals surface area contributed by atoms with Gasteiger partial charge in [0.1, 0.15) is 10.8 Å². The number of anilines is 1. The van der Waals surface area contributed by atoms with Crippen molar-refractivity contribution in [1.82, 2.24) is 0 Å². The topological polar surface area (TPSA) is 64.6 Å². The molecule has 0 aliphatic heterocycles. The van der Waals surface area contributed by atoms with Gasteiger partial charge in [0.15, 0.2) is 6.10 Å². The van der Waals surface area contributed by atoms with E-state index in [4.69, 9.17) is 21.1 Å². The van der Waals surface area contributed by atoms with Crippen LogP contribution in [-0.2, 0) is 9.53 Å². The molecule has 1 amide bonds. The molecule has 26 heavy (non-hydrogen) atoms. The standard InChI is InChI=1S/C19H22ClNO4S/c1-6-24-19(23)16-11(3)13(5)26-18(16)21-17(22)12(4)25-15-8-7-14(20)9-10(15)2/h7-9,12H,6H2,1-5H3,(H,21,22). The number of benzene rings is 1. The fourth-order valence-electron chi connectivity index (χ4n) is 2.37. The number of ether oxygens (including phenoxy) is 2. The van der Waals surface area contributed by atoms with E-state index in [0.717, 1.165) is 16.0 Å². The largest absolute Gasteiger partial charge is 0.481 e. The minimum absolute atomic E-state index is 0.274. The molecule has 2 rings (SSSR count). The number of hydrogen-bond acceptors (Lipinski definition) is 5. The molecule has 0 aliphatic carbocycles. The molecule has 1 atom stereocenters. The van der Waals surface area contributed by atoms with Crippen LogP contribution >= 0.6 is 22.9 Å². The third kappa shape index (κ3) is 4.56. The fraction of sp³-hybridized carbons (Fsp3) is 0.368. The van der Waals surface area contributed by atoms with Crippen LogP contribution < -0.4 is 10.1 Å². The molecule has 5 nitrogen and oxygen atoms in total. The molecular weight excluding hydrogens is 374 g/mol. The highest BCUT2D eigenvalue weighted by molar-refractivity contribution is 7.16. The Kier molecular flexibility index (Phi) is 6.67. The molecule has 0 radical (unpaired) electrons. The summed E-state index contributed by atoms with van der Waals surface area (Å²) in [7, 11) is 0. The molecule has 1 N–H and O–H groups in total. The maximum Gasteiger partial charge on any atom is 0.341 e. The van der Waals surface area contributed by atoms with Gasteiger partial charge < -0.3 is 14.8 Å². The second-order valence-electron chi connectivity index (χ2n) is 5.87. The van der Waals surface area contributed by atoms with E-state index in [1.807, 2.05) is 20.8 Å². The zero-order valence-corrected chi connectivity index (χ0v) is 17.0. The van der Waals surface area contributed by atoms with Crippen LogP contribution in [0.5, 0.6) is 5.75 Å². The summed E-state index contributed by atoms with van der Waals surface area (Å²) in [4.78, 5) is 25.7. The van der Waals surface area contributed by atoms with E-state index >= 15 is 0 Å². The number of aryl methyl sites for hydroxylation is 2. The molecule has 0 bridgehead atoms. The van der Waals surface area contributed by atoms with Crippen molar-refractivity contribution in [3.8, 4) is 5.75 Å². The van der Waals surface area contributed by atoms with E-state index in [-0.39, 0.29) is 12.5 Å². The van der Waals surface area contributed by atoms with Gasteiger partial charge >= 0.3 is 5.97 Å². The Balaban J connectivity index is 2.16. The van der Waals surface area contributed by atoms with Crippen molar-refractivity contribution in [2.75, 3.05) is 11.9 Å². The van der Waals surface area contributed by atoms with Gasteiger partial charge in [0, 0.05) is 9.90 Å². The van der Waals surface area contributed by atoms with Crippen LogP contribution in [0, 0.1) is 20.8 Å². The van der Waals surface area contributed by atoms with Crippen molar-refractivity contribution in [1.29, 1.82) is 0 Å². The summed E-state index contributed by atoms with van der Waals surface area (Å²) in [5.74, 6) is -0.195. The zero-order chi connectivity index (χ0) is 19.4. The highest BCUT2D eigenvalue weighted by Gasteiger charge is 2.24. The Bertz CT molecular complexity index is 831. The molecule has 0 saturated carbocycles. The van der Waals surface area contributed by atoms with E-state index in [2.05, 4.69) is 5.32 Å². The molecule has 1 aromatic heterocycles. The summed E-state index contributed by atoms with van der Waals surface area (Å²) >= 11 is 7.28. The minimum atomic E-state index is -0.743. The van der Waals surface area contributed by atoms with Crippen LogP contribution in [0.1, 0.15) is 40.2 Å². The van der Waals surface area contributed by atoms with Gasteiger partial charge in [-0.25, -0.2) is 4.79 Å². The van der Waals surface area contributed by atoms with Crippen molar-refractivity contribution in [2.45, 2.75) is 40.7 Å². The molecule has 0 fully saturated rings. The van der Waals surface area contributed by atoms with Gasteiger partial charge in [-0.1, -0.05) is 11.6 Å². The molecule has 1 unspecified atom stereocenters. The lowest BCUT2D eigenvalue weighted by atomic mass is 10.1. The lowest BCUT2D eigenvalue weighted by Crippen LogP contribution is -2.30. The van der Waals surface area contributed by atoms with E-state index in [0.29, 0.717) is 21.3 Å². The smallest absolute Gasteiger partial charge is 0.341 e. The molecule has 1 heterocycles. The van der Waals surface area contributed by atoms with E-state index < -0.39 is 12.1 Å². The van der Waals surface area contributed by atoms with Gasteiger partial charge in [0.25, 0.3) is 5.91 Å². The number of carbonyl (C=O) groups is 2. The first-order valence-electron chi connectivity index (χ1n) is 8.25. The first kappa shape index (κ1) is 20.3. The van der Waals surface area contributed by atoms with Crippen LogP contribution in [-0.4, -0.2) is 24.6 Å². The van der Waals surface area contributed by atoms with Crippen molar-refractivity contribution in [3.63, 3.8) is 0 Å². The highest BCUT2D eigenvalue weighted by atomic mass is 35.5. The number of thiophene rings is 1. The van der Waals surface area contributed by atoms with Gasteiger partial charge in [-0.2, -0.15) is 0 Å². The van der Waals surface area contributed by atoms with Crippen LogP contribution in [0.15, 0.2) is 18.2 Å². The molecule has 0 aliphatic rings. The molecule has 7 heteroatoms. The van der Waals surface area contributed by atoms with Gasteiger partial charge in [0.2, 0.25) is 0 Å². The Morgan fingerprint density at radius 1 is 1.27 bits per heavy atom. The predicted octanol–water partition coefficient (Wildman–Crippen LogP) is 4.91. The number of carbonyl (C=O) groups excluding carboxylic acids is 2. The monoisotopic (exact) mass is 395 g/mol. The normalized spacial score (nSPS) is 11.8. The molecule has 0 saturated heterocycles. The Morgan fingerprint density at radius 3 is 2.58 bits per heavy atom. The first-order valence-corrected chi connectivity index (χ1v) is 9.44. The van der Waals surface area contributed by atoms with Crippen LogP contribution in [0.3, 0.4) is 0 Å². The second kappa shape index (κ2) is 8.56. The maximum atomic E-state index is 12.5. The SMILES string of the molecule is CCOC(=O)c1c(NC(=O)C(C)Oc2ccc(Cl)cc2C)sc(C)c1C. The van der Waals surface area contributed by atoms with E-state index in [9.17, 15) is 9.59 Å². The fourth-order valence-corrected chi connectivity index (χ4v) is 3.64. The van der Waals surface area contributed by atoms with Gasteiger partial charge in [0.05, 0.1) is 12.2 Å².